The molecule has 1 unspecified atom stereocenters. The van der Waals surface area contributed by atoms with Gasteiger partial charge < -0.3 is 0 Å². The molecule has 1 aliphatic rings. The molecule has 0 amide bonds. The molecular weight excluding hydrogens is 512 g/mol. The highest BCUT2D eigenvalue weighted by Gasteiger charge is 2.47. The molecule has 3 aromatic rings. The van der Waals surface area contributed by atoms with E-state index in [0.29, 0.717) is 12.3 Å². The minimum Gasteiger partial charge on any atom is -0.222 e. The van der Waals surface area contributed by atoms with Gasteiger partial charge in [0.05, 0.1) is 9.79 Å². The lowest BCUT2D eigenvalue weighted by atomic mass is 9.71. The number of benzene rings is 3. The van der Waals surface area contributed by atoms with Gasteiger partial charge in [0.15, 0.2) is 24.3 Å². The average Bonchev–Trinajstić information content (AvgIpc) is 2.94. The Morgan fingerprint density at radius 2 is 1.08 bits per heavy atom. The SMILES string of the molecule is CCC1=C(CC)C[C@H](C)[C@H](CC(c2ccccc2)C(S(=O)(=O)c2ccccc2)S(=O)(=O)c2ccccc2)C1. The minimum atomic E-state index is -4.26. The second kappa shape index (κ2) is 12.0. The Morgan fingerprint density at radius 3 is 1.53 bits per heavy atom. The molecule has 4 nitrogen and oxygen atoms in total. The molecule has 3 aromatic carbocycles. The van der Waals surface area contributed by atoms with Gasteiger partial charge >= 0.3 is 0 Å². The molecular formula is C32H38O4S2. The molecule has 202 valence electrons. The Bertz CT molecular complexity index is 1380. The largest absolute Gasteiger partial charge is 0.222 e. The number of rotatable bonds is 10. The zero-order chi connectivity index (χ0) is 27.3. The van der Waals surface area contributed by atoms with Crippen molar-refractivity contribution in [3.8, 4) is 0 Å². The molecule has 0 saturated heterocycles. The third-order valence-electron chi connectivity index (χ3n) is 8.10. The Labute approximate surface area is 228 Å². The van der Waals surface area contributed by atoms with Crippen LogP contribution in [0.2, 0.25) is 0 Å². The summed E-state index contributed by atoms with van der Waals surface area (Å²) in [6.07, 6.45) is 4.34. The van der Waals surface area contributed by atoms with Crippen LogP contribution < -0.4 is 0 Å². The maximum atomic E-state index is 14.3. The van der Waals surface area contributed by atoms with Crippen molar-refractivity contribution in [3.05, 3.63) is 108 Å². The zero-order valence-corrected chi connectivity index (χ0v) is 24.1. The molecule has 0 radical (unpaired) electrons. The molecule has 6 heteroatoms. The first kappa shape index (κ1) is 28.3. The summed E-state index contributed by atoms with van der Waals surface area (Å²) < 4.78 is 55.6. The maximum absolute atomic E-state index is 14.3. The van der Waals surface area contributed by atoms with Crippen molar-refractivity contribution in [2.75, 3.05) is 0 Å². The lowest BCUT2D eigenvalue weighted by Crippen LogP contribution is -2.38. The van der Waals surface area contributed by atoms with E-state index in [1.165, 1.54) is 35.4 Å². The van der Waals surface area contributed by atoms with Gasteiger partial charge in [0.1, 0.15) is 0 Å². The van der Waals surface area contributed by atoms with E-state index in [-0.39, 0.29) is 15.7 Å². The average molecular weight is 551 g/mol. The van der Waals surface area contributed by atoms with Gasteiger partial charge in [-0.15, -0.1) is 0 Å². The molecule has 1 aliphatic carbocycles. The third-order valence-corrected chi connectivity index (χ3v) is 13.4. The van der Waals surface area contributed by atoms with E-state index in [4.69, 9.17) is 0 Å². The molecule has 0 fully saturated rings. The van der Waals surface area contributed by atoms with Crippen LogP contribution in [0.5, 0.6) is 0 Å². The van der Waals surface area contributed by atoms with Crippen molar-refractivity contribution in [2.45, 2.75) is 73.2 Å². The van der Waals surface area contributed by atoms with Gasteiger partial charge in [-0.2, -0.15) is 0 Å². The van der Waals surface area contributed by atoms with Crippen LogP contribution in [0.1, 0.15) is 64.4 Å². The highest BCUT2D eigenvalue weighted by molar-refractivity contribution is 8.09. The molecule has 4 rings (SSSR count). The van der Waals surface area contributed by atoms with Gasteiger partial charge in [-0.3, -0.25) is 0 Å². The Morgan fingerprint density at radius 1 is 0.658 bits per heavy atom. The lowest BCUT2D eigenvalue weighted by Gasteiger charge is -2.37. The van der Waals surface area contributed by atoms with Gasteiger partial charge in [-0.25, -0.2) is 16.8 Å². The van der Waals surface area contributed by atoms with E-state index in [2.05, 4.69) is 20.8 Å². The van der Waals surface area contributed by atoms with Crippen molar-refractivity contribution in [2.24, 2.45) is 11.8 Å². The highest BCUT2D eigenvalue weighted by Crippen LogP contribution is 2.45. The van der Waals surface area contributed by atoms with E-state index in [9.17, 15) is 16.8 Å². The van der Waals surface area contributed by atoms with Crippen molar-refractivity contribution in [1.29, 1.82) is 0 Å². The van der Waals surface area contributed by atoms with Crippen LogP contribution >= 0.6 is 0 Å². The third kappa shape index (κ3) is 5.81. The second-order valence-electron chi connectivity index (χ2n) is 10.4. The molecule has 0 saturated carbocycles. The van der Waals surface area contributed by atoms with Crippen molar-refractivity contribution >= 4 is 19.7 Å². The van der Waals surface area contributed by atoms with Gasteiger partial charge in [-0.1, -0.05) is 98.6 Å². The van der Waals surface area contributed by atoms with E-state index >= 15 is 0 Å². The van der Waals surface area contributed by atoms with Crippen LogP contribution in [0.15, 0.2) is 112 Å². The summed E-state index contributed by atoms with van der Waals surface area (Å²) in [6.45, 7) is 6.59. The summed E-state index contributed by atoms with van der Waals surface area (Å²) in [5.74, 6) is -0.198. The first-order valence-corrected chi connectivity index (χ1v) is 16.6. The molecule has 0 heterocycles. The van der Waals surface area contributed by atoms with Crippen molar-refractivity contribution < 1.29 is 16.8 Å². The monoisotopic (exact) mass is 550 g/mol. The summed E-state index contributed by atoms with van der Waals surface area (Å²) in [6, 6.07) is 25.4. The molecule has 3 atom stereocenters. The topological polar surface area (TPSA) is 68.3 Å². The van der Waals surface area contributed by atoms with Gasteiger partial charge in [-0.05, 0) is 73.8 Å². The smallest absolute Gasteiger partial charge is 0.196 e. The Hall–Kier alpha value is -2.70. The first-order valence-electron chi connectivity index (χ1n) is 13.5. The normalized spacial score (nSPS) is 19.5. The van der Waals surface area contributed by atoms with Crippen LogP contribution in [0.4, 0.5) is 0 Å². The number of allylic oxidation sites excluding steroid dienone is 2. The van der Waals surface area contributed by atoms with Crippen LogP contribution in [0.25, 0.3) is 0 Å². The summed E-state index contributed by atoms with van der Waals surface area (Å²) in [5, 5.41) is 0. The fraction of sp³-hybridized carbons (Fsp3) is 0.375. The summed E-state index contributed by atoms with van der Waals surface area (Å²) >= 11 is 0. The Kier molecular flexibility index (Phi) is 8.94. The van der Waals surface area contributed by atoms with E-state index < -0.39 is 30.2 Å². The number of sulfone groups is 2. The predicted molar refractivity (Wildman–Crippen MR) is 154 cm³/mol. The Balaban J connectivity index is 1.90. The highest BCUT2D eigenvalue weighted by atomic mass is 32.3. The lowest BCUT2D eigenvalue weighted by molar-refractivity contribution is 0.288. The van der Waals surface area contributed by atoms with E-state index in [1.54, 1.807) is 36.4 Å². The molecule has 0 spiro atoms. The molecule has 38 heavy (non-hydrogen) atoms. The van der Waals surface area contributed by atoms with Gasteiger partial charge in [0.2, 0.25) is 0 Å². The summed E-state index contributed by atoms with van der Waals surface area (Å²) in [4.78, 5) is 0.0640. The second-order valence-corrected chi connectivity index (χ2v) is 14.8. The number of hydrogen-bond donors (Lipinski definition) is 0. The minimum absolute atomic E-state index is 0.0320. The quantitative estimate of drug-likeness (QED) is 0.244. The molecule has 0 N–H and O–H groups in total. The summed E-state index contributed by atoms with van der Waals surface area (Å²) in [5.41, 5.74) is 3.68. The first-order chi connectivity index (χ1) is 18.2. The maximum Gasteiger partial charge on any atom is 0.196 e. The van der Waals surface area contributed by atoms with Gasteiger partial charge in [0.25, 0.3) is 0 Å². The summed E-state index contributed by atoms with van der Waals surface area (Å²) in [7, 11) is -8.51. The van der Waals surface area contributed by atoms with Crippen molar-refractivity contribution in [3.63, 3.8) is 0 Å². The molecule has 0 aromatic heterocycles. The van der Waals surface area contributed by atoms with Crippen LogP contribution in [-0.2, 0) is 19.7 Å². The van der Waals surface area contributed by atoms with E-state index in [0.717, 1.165) is 31.2 Å². The predicted octanol–water partition coefficient (Wildman–Crippen LogP) is 7.60. The fourth-order valence-electron chi connectivity index (χ4n) is 5.98. The van der Waals surface area contributed by atoms with Gasteiger partial charge in [0, 0.05) is 5.92 Å². The molecule has 0 aliphatic heterocycles. The zero-order valence-electron chi connectivity index (χ0n) is 22.5. The fourth-order valence-corrected chi connectivity index (χ4v) is 11.0. The number of hydrogen-bond acceptors (Lipinski definition) is 4. The van der Waals surface area contributed by atoms with Crippen molar-refractivity contribution in [1.82, 2.24) is 0 Å². The van der Waals surface area contributed by atoms with Crippen LogP contribution in [-0.4, -0.2) is 21.4 Å². The standard InChI is InChI=1S/C32H38O4S2/c1-4-25-21-24(3)28(22-26(25)5-2)23-31(27-15-9-6-10-16-27)32(37(33,34)29-17-11-7-12-18-29)38(35,36)30-19-13-8-14-20-30/h6-20,24,28,31-32H,4-5,21-23H2,1-3H3/t24-,28-,31?/m0/s1. The molecule has 0 bridgehead atoms. The van der Waals surface area contributed by atoms with Crippen LogP contribution in [0, 0.1) is 11.8 Å². The van der Waals surface area contributed by atoms with E-state index in [1.807, 2.05) is 30.3 Å². The van der Waals surface area contributed by atoms with Crippen LogP contribution in [0.3, 0.4) is 0 Å².